The standard InChI is InChI=1S/C23H24IN3O5/c1-4-15-8-6-7-9-17(15)25-20(28)13-27-22(29)18(26-23(27)30)11-14-10-16(24)21(31-3)19(12-14)32-5-2/h6-12H,4-5,13H2,1-3H3,(H,25,28)(H,26,30)/b18-11+. The Balaban J connectivity index is 1.77. The summed E-state index contributed by atoms with van der Waals surface area (Å²) in [5.41, 5.74) is 2.38. The Labute approximate surface area is 200 Å². The minimum atomic E-state index is -0.645. The molecule has 0 aliphatic carbocycles. The molecule has 2 aromatic carbocycles. The van der Waals surface area contributed by atoms with Crippen LogP contribution in [0.15, 0.2) is 42.1 Å². The van der Waals surface area contributed by atoms with Crippen molar-refractivity contribution in [2.45, 2.75) is 20.3 Å². The van der Waals surface area contributed by atoms with Crippen LogP contribution in [0.2, 0.25) is 0 Å². The van der Waals surface area contributed by atoms with Gasteiger partial charge in [0.05, 0.1) is 17.3 Å². The summed E-state index contributed by atoms with van der Waals surface area (Å²) >= 11 is 2.11. The van der Waals surface area contributed by atoms with E-state index < -0.39 is 17.8 Å². The molecule has 0 saturated carbocycles. The highest BCUT2D eigenvalue weighted by molar-refractivity contribution is 14.1. The van der Waals surface area contributed by atoms with Gasteiger partial charge in [-0.25, -0.2) is 9.69 Å². The van der Waals surface area contributed by atoms with Gasteiger partial charge in [-0.15, -0.1) is 0 Å². The summed E-state index contributed by atoms with van der Waals surface area (Å²) in [6.45, 7) is 3.91. The number of benzene rings is 2. The second-order valence-electron chi connectivity index (χ2n) is 6.91. The SMILES string of the molecule is CCOc1cc(/C=C2/NC(=O)N(CC(=O)Nc3ccccc3CC)C2=O)cc(I)c1OC. The molecule has 2 aromatic rings. The van der Waals surface area contributed by atoms with E-state index in [-0.39, 0.29) is 12.2 Å². The van der Waals surface area contributed by atoms with E-state index in [0.29, 0.717) is 29.4 Å². The lowest BCUT2D eigenvalue weighted by atomic mass is 10.1. The molecule has 0 aromatic heterocycles. The molecule has 0 spiro atoms. The molecule has 168 valence electrons. The Bertz CT molecular complexity index is 1080. The van der Waals surface area contributed by atoms with Crippen LogP contribution in [0.25, 0.3) is 6.08 Å². The fourth-order valence-corrected chi connectivity index (χ4v) is 4.14. The van der Waals surface area contributed by atoms with Crippen molar-refractivity contribution in [1.82, 2.24) is 10.2 Å². The van der Waals surface area contributed by atoms with Gasteiger partial charge in [0.15, 0.2) is 11.5 Å². The highest BCUT2D eigenvalue weighted by atomic mass is 127. The number of methoxy groups -OCH3 is 1. The van der Waals surface area contributed by atoms with Gasteiger partial charge in [-0.1, -0.05) is 25.1 Å². The molecular weight excluding hydrogens is 525 g/mol. The third-order valence-corrected chi connectivity index (χ3v) is 5.58. The number of amides is 4. The predicted octanol–water partition coefficient (Wildman–Crippen LogP) is 3.79. The monoisotopic (exact) mass is 549 g/mol. The van der Waals surface area contributed by atoms with Gasteiger partial charge in [0, 0.05) is 5.69 Å². The van der Waals surface area contributed by atoms with E-state index in [4.69, 9.17) is 9.47 Å². The summed E-state index contributed by atoms with van der Waals surface area (Å²) in [5.74, 6) is 0.115. The maximum absolute atomic E-state index is 12.8. The van der Waals surface area contributed by atoms with E-state index in [1.54, 1.807) is 25.3 Å². The molecule has 0 bridgehead atoms. The van der Waals surface area contributed by atoms with Gasteiger partial charge in [-0.2, -0.15) is 0 Å². The third kappa shape index (κ3) is 5.21. The van der Waals surface area contributed by atoms with Crippen molar-refractivity contribution in [2.75, 3.05) is 25.6 Å². The van der Waals surface area contributed by atoms with Crippen LogP contribution in [0.3, 0.4) is 0 Å². The van der Waals surface area contributed by atoms with E-state index in [0.717, 1.165) is 20.5 Å². The number of aryl methyl sites for hydroxylation is 1. The van der Waals surface area contributed by atoms with E-state index in [1.165, 1.54) is 0 Å². The Kier molecular flexibility index (Phi) is 7.73. The van der Waals surface area contributed by atoms with Crippen LogP contribution < -0.4 is 20.1 Å². The van der Waals surface area contributed by atoms with Crippen LogP contribution >= 0.6 is 22.6 Å². The minimum absolute atomic E-state index is 0.0835. The fourth-order valence-electron chi connectivity index (χ4n) is 3.30. The smallest absolute Gasteiger partial charge is 0.329 e. The third-order valence-electron chi connectivity index (χ3n) is 4.78. The number of urea groups is 1. The number of anilines is 1. The quantitative estimate of drug-likeness (QED) is 0.297. The second-order valence-corrected chi connectivity index (χ2v) is 8.07. The zero-order valence-corrected chi connectivity index (χ0v) is 20.2. The van der Waals surface area contributed by atoms with Gasteiger partial charge in [-0.3, -0.25) is 9.59 Å². The lowest BCUT2D eigenvalue weighted by molar-refractivity contribution is -0.127. The van der Waals surface area contributed by atoms with Crippen molar-refractivity contribution in [3.05, 3.63) is 56.8 Å². The number of rotatable bonds is 8. The van der Waals surface area contributed by atoms with Crippen molar-refractivity contribution in [3.8, 4) is 11.5 Å². The molecule has 0 atom stereocenters. The molecule has 1 aliphatic heterocycles. The van der Waals surface area contributed by atoms with Gasteiger partial charge < -0.3 is 20.1 Å². The Hall–Kier alpha value is -3.08. The first-order valence-electron chi connectivity index (χ1n) is 10.1. The predicted molar refractivity (Wildman–Crippen MR) is 130 cm³/mol. The highest BCUT2D eigenvalue weighted by Gasteiger charge is 2.35. The number of halogens is 1. The number of imide groups is 1. The van der Waals surface area contributed by atoms with Crippen molar-refractivity contribution in [3.63, 3.8) is 0 Å². The van der Waals surface area contributed by atoms with E-state index in [2.05, 4.69) is 33.2 Å². The molecule has 8 nitrogen and oxygen atoms in total. The molecule has 2 N–H and O–H groups in total. The van der Waals surface area contributed by atoms with Gasteiger partial charge >= 0.3 is 6.03 Å². The maximum atomic E-state index is 12.8. The number of hydrogen-bond acceptors (Lipinski definition) is 5. The van der Waals surface area contributed by atoms with Gasteiger partial charge in [-0.05, 0) is 71.3 Å². The van der Waals surface area contributed by atoms with Gasteiger partial charge in [0.1, 0.15) is 12.2 Å². The molecule has 4 amide bonds. The molecular formula is C23H24IN3O5. The number of carbonyl (C=O) groups excluding carboxylic acids is 3. The molecule has 9 heteroatoms. The van der Waals surface area contributed by atoms with Crippen LogP contribution in [0, 0.1) is 3.57 Å². The first-order valence-corrected chi connectivity index (χ1v) is 11.2. The zero-order valence-electron chi connectivity index (χ0n) is 18.0. The van der Waals surface area contributed by atoms with Crippen molar-refractivity contribution >= 4 is 52.2 Å². The van der Waals surface area contributed by atoms with Gasteiger partial charge in [0.2, 0.25) is 5.91 Å². The Morgan fingerprint density at radius 1 is 1.22 bits per heavy atom. The topological polar surface area (TPSA) is 97.0 Å². The normalized spacial score (nSPS) is 14.5. The highest BCUT2D eigenvalue weighted by Crippen LogP contribution is 2.34. The van der Waals surface area contributed by atoms with Crippen molar-refractivity contribution in [1.29, 1.82) is 0 Å². The number of para-hydroxylation sites is 1. The molecule has 32 heavy (non-hydrogen) atoms. The fraction of sp³-hybridized carbons (Fsp3) is 0.261. The summed E-state index contributed by atoms with van der Waals surface area (Å²) in [5, 5.41) is 5.31. The van der Waals surface area contributed by atoms with Crippen LogP contribution in [-0.4, -0.2) is 43.0 Å². The summed E-state index contributed by atoms with van der Waals surface area (Å²) in [4.78, 5) is 38.5. The molecule has 0 unspecified atom stereocenters. The number of carbonyl (C=O) groups is 3. The lowest BCUT2D eigenvalue weighted by Crippen LogP contribution is -2.38. The van der Waals surface area contributed by atoms with Crippen molar-refractivity contribution in [2.24, 2.45) is 0 Å². The van der Waals surface area contributed by atoms with Crippen LogP contribution in [0.5, 0.6) is 11.5 Å². The lowest BCUT2D eigenvalue weighted by Gasteiger charge is -2.14. The molecule has 1 saturated heterocycles. The zero-order chi connectivity index (χ0) is 23.3. The molecule has 3 rings (SSSR count). The van der Waals surface area contributed by atoms with Crippen molar-refractivity contribution < 1.29 is 23.9 Å². The number of ether oxygens (including phenoxy) is 2. The van der Waals surface area contributed by atoms with Crippen LogP contribution in [0.4, 0.5) is 10.5 Å². The average Bonchev–Trinajstić information content (AvgIpc) is 3.01. The number of nitrogens with zero attached hydrogens (tertiary/aromatic N) is 1. The number of nitrogens with one attached hydrogen (secondary N) is 2. The molecule has 1 heterocycles. The largest absolute Gasteiger partial charge is 0.492 e. The first kappa shape index (κ1) is 23.6. The Morgan fingerprint density at radius 2 is 1.97 bits per heavy atom. The molecule has 1 aliphatic rings. The van der Waals surface area contributed by atoms with Crippen LogP contribution in [0.1, 0.15) is 25.0 Å². The summed E-state index contributed by atoms with van der Waals surface area (Å²) in [6.07, 6.45) is 2.30. The van der Waals surface area contributed by atoms with Gasteiger partial charge in [0.25, 0.3) is 5.91 Å². The number of hydrogen-bond donors (Lipinski definition) is 2. The van der Waals surface area contributed by atoms with E-state index in [1.807, 2.05) is 38.1 Å². The average molecular weight is 549 g/mol. The minimum Gasteiger partial charge on any atom is -0.492 e. The molecule has 1 fully saturated rings. The summed E-state index contributed by atoms with van der Waals surface area (Å²) in [7, 11) is 1.56. The van der Waals surface area contributed by atoms with E-state index in [9.17, 15) is 14.4 Å². The molecule has 0 radical (unpaired) electrons. The van der Waals surface area contributed by atoms with Crippen LogP contribution in [-0.2, 0) is 16.0 Å². The summed E-state index contributed by atoms with van der Waals surface area (Å²) in [6, 6.07) is 10.3. The maximum Gasteiger partial charge on any atom is 0.329 e. The van der Waals surface area contributed by atoms with E-state index >= 15 is 0 Å². The Morgan fingerprint density at radius 3 is 2.66 bits per heavy atom. The first-order chi connectivity index (χ1) is 15.4. The second kappa shape index (κ2) is 10.5. The summed E-state index contributed by atoms with van der Waals surface area (Å²) < 4.78 is 11.8.